The summed E-state index contributed by atoms with van der Waals surface area (Å²) < 4.78 is 22.9. The largest absolute Gasteiger partial charge is 0.493 e. The molecule has 1 fully saturated rings. The van der Waals surface area contributed by atoms with Crippen molar-refractivity contribution in [1.29, 1.82) is 0 Å². The van der Waals surface area contributed by atoms with Crippen molar-refractivity contribution in [3.05, 3.63) is 58.7 Å². The van der Waals surface area contributed by atoms with Gasteiger partial charge in [0.15, 0.2) is 23.0 Å². The molecule has 0 bridgehead atoms. The Labute approximate surface area is 243 Å². The maximum atomic E-state index is 14.1. The maximum Gasteiger partial charge on any atom is 0.247 e. The standard InChI is InChI=1S/C31H36N2O9/c1-39-25-12-18(15-35)10-20-26-21(30(37)32-8-9-34)13-22(27(36)29(26)42-28(20)25)33(31(38)19-4-2-3-5-19)14-17-6-7-23-24(11-17)41-16-40-23/h6-7,10-13,19,22,26-27,29,34-36H,2-5,8-9,14-16H2,1H3,(H,32,37)/t22-,26+,27+,29+/m1/s1. The highest BCUT2D eigenvalue weighted by Gasteiger charge is 2.52. The Kier molecular flexibility index (Phi) is 7.98. The average molecular weight is 581 g/mol. The molecule has 42 heavy (non-hydrogen) atoms. The molecular formula is C31H36N2O9. The summed E-state index contributed by atoms with van der Waals surface area (Å²) in [4.78, 5) is 29.3. The van der Waals surface area contributed by atoms with Gasteiger partial charge in [-0.2, -0.15) is 0 Å². The van der Waals surface area contributed by atoms with E-state index < -0.39 is 30.1 Å². The fourth-order valence-electron chi connectivity index (χ4n) is 6.59. The highest BCUT2D eigenvalue weighted by molar-refractivity contribution is 5.96. The van der Waals surface area contributed by atoms with Crippen LogP contribution in [-0.2, 0) is 22.7 Å². The van der Waals surface area contributed by atoms with E-state index >= 15 is 0 Å². The third-order valence-corrected chi connectivity index (χ3v) is 8.63. The van der Waals surface area contributed by atoms with Crippen LogP contribution >= 0.6 is 0 Å². The van der Waals surface area contributed by atoms with Crippen LogP contribution in [-0.4, -0.2) is 77.3 Å². The zero-order valence-electron chi connectivity index (χ0n) is 23.5. The van der Waals surface area contributed by atoms with Crippen LogP contribution in [0.1, 0.15) is 48.3 Å². The van der Waals surface area contributed by atoms with Gasteiger partial charge < -0.3 is 44.5 Å². The Morgan fingerprint density at radius 2 is 1.86 bits per heavy atom. The first-order chi connectivity index (χ1) is 20.4. The number of hydrogen-bond acceptors (Lipinski definition) is 9. The first-order valence-electron chi connectivity index (χ1n) is 14.4. The molecule has 2 heterocycles. The molecule has 0 aromatic heterocycles. The lowest BCUT2D eigenvalue weighted by Crippen LogP contribution is -2.56. The molecule has 0 saturated heterocycles. The predicted octanol–water partition coefficient (Wildman–Crippen LogP) is 1.76. The van der Waals surface area contributed by atoms with Crippen LogP contribution in [0.25, 0.3) is 0 Å². The summed E-state index contributed by atoms with van der Waals surface area (Å²) in [6.07, 6.45) is 3.03. The molecule has 2 aromatic rings. The van der Waals surface area contributed by atoms with Crippen molar-refractivity contribution in [2.45, 2.75) is 63.0 Å². The minimum Gasteiger partial charge on any atom is -0.493 e. The number of benzene rings is 2. The normalized spacial score (nSPS) is 24.0. The lowest BCUT2D eigenvalue weighted by molar-refractivity contribution is -0.142. The monoisotopic (exact) mass is 580 g/mol. The molecule has 2 aliphatic carbocycles. The average Bonchev–Trinajstić information content (AvgIpc) is 3.78. The second kappa shape index (κ2) is 11.8. The molecule has 1 saturated carbocycles. The van der Waals surface area contributed by atoms with Crippen LogP contribution in [0, 0.1) is 5.92 Å². The smallest absolute Gasteiger partial charge is 0.247 e. The van der Waals surface area contributed by atoms with Crippen molar-refractivity contribution in [2.24, 2.45) is 5.92 Å². The van der Waals surface area contributed by atoms with Crippen LogP contribution < -0.4 is 24.3 Å². The van der Waals surface area contributed by atoms with Gasteiger partial charge >= 0.3 is 0 Å². The maximum absolute atomic E-state index is 14.1. The van der Waals surface area contributed by atoms with Crippen LogP contribution in [0.4, 0.5) is 0 Å². The molecule has 224 valence electrons. The van der Waals surface area contributed by atoms with E-state index in [9.17, 15) is 24.9 Å². The molecule has 0 spiro atoms. The van der Waals surface area contributed by atoms with E-state index in [0.29, 0.717) is 39.7 Å². The summed E-state index contributed by atoms with van der Waals surface area (Å²) >= 11 is 0. The molecule has 2 aliphatic heterocycles. The lowest BCUT2D eigenvalue weighted by Gasteiger charge is -2.41. The number of carbonyl (C=O) groups excluding carboxylic acids is 2. The molecule has 0 unspecified atom stereocenters. The quantitative estimate of drug-likeness (QED) is 0.348. The van der Waals surface area contributed by atoms with Gasteiger partial charge in [-0.1, -0.05) is 18.9 Å². The second-order valence-corrected chi connectivity index (χ2v) is 11.2. The number of nitrogens with zero attached hydrogens (tertiary/aromatic N) is 1. The van der Waals surface area contributed by atoms with Crippen molar-refractivity contribution >= 4 is 11.8 Å². The van der Waals surface area contributed by atoms with Gasteiger partial charge in [-0.25, -0.2) is 0 Å². The summed E-state index contributed by atoms with van der Waals surface area (Å²) in [6.45, 7) is -0.150. The number of hydrogen-bond donors (Lipinski definition) is 4. The zero-order valence-corrected chi connectivity index (χ0v) is 23.5. The summed E-state index contributed by atoms with van der Waals surface area (Å²) in [7, 11) is 1.49. The van der Waals surface area contributed by atoms with Crippen molar-refractivity contribution in [2.75, 3.05) is 27.1 Å². The Morgan fingerprint density at radius 1 is 1.07 bits per heavy atom. The second-order valence-electron chi connectivity index (χ2n) is 11.2. The van der Waals surface area contributed by atoms with E-state index in [1.807, 2.05) is 12.1 Å². The molecule has 2 amide bonds. The van der Waals surface area contributed by atoms with Crippen molar-refractivity contribution < 1.29 is 43.9 Å². The Hall–Kier alpha value is -3.80. The molecule has 6 rings (SSSR count). The van der Waals surface area contributed by atoms with Gasteiger partial charge in [-0.15, -0.1) is 0 Å². The van der Waals surface area contributed by atoms with Gasteiger partial charge in [0.2, 0.25) is 18.6 Å². The van der Waals surface area contributed by atoms with Gasteiger partial charge in [0, 0.05) is 30.1 Å². The van der Waals surface area contributed by atoms with Crippen molar-refractivity contribution in [3.63, 3.8) is 0 Å². The van der Waals surface area contributed by atoms with Crippen LogP contribution in [0.2, 0.25) is 0 Å². The minimum atomic E-state index is -1.18. The number of aliphatic hydroxyl groups excluding tert-OH is 3. The summed E-state index contributed by atoms with van der Waals surface area (Å²) in [5.41, 5.74) is 2.29. The molecular weight excluding hydrogens is 544 g/mol. The van der Waals surface area contributed by atoms with Crippen molar-refractivity contribution in [1.82, 2.24) is 10.2 Å². The van der Waals surface area contributed by atoms with Crippen LogP contribution in [0.5, 0.6) is 23.0 Å². The number of aliphatic hydroxyl groups is 3. The van der Waals surface area contributed by atoms with Gasteiger partial charge in [0.05, 0.1) is 32.3 Å². The highest BCUT2D eigenvalue weighted by Crippen LogP contribution is 2.51. The number of fused-ring (bicyclic) bond motifs is 4. The number of rotatable bonds is 9. The van der Waals surface area contributed by atoms with E-state index in [-0.39, 0.29) is 44.9 Å². The SMILES string of the molecule is COc1cc(CO)cc2c1O[C@@H]1[C@@H](O)[C@H](N(Cc3ccc4c(c3)OCO4)C(=O)C3CCCC3)C=C(C(=O)NCCO)[C@H]21. The Balaban J connectivity index is 1.42. The van der Waals surface area contributed by atoms with E-state index in [1.54, 1.807) is 29.2 Å². The van der Waals surface area contributed by atoms with Crippen molar-refractivity contribution in [3.8, 4) is 23.0 Å². The van der Waals surface area contributed by atoms with Crippen LogP contribution in [0.15, 0.2) is 42.0 Å². The number of carbonyl (C=O) groups is 2. The third-order valence-electron chi connectivity index (χ3n) is 8.63. The lowest BCUT2D eigenvalue weighted by atomic mass is 9.77. The number of ether oxygens (including phenoxy) is 4. The number of methoxy groups -OCH3 is 1. The number of amides is 2. The molecule has 4 N–H and O–H groups in total. The van der Waals surface area contributed by atoms with E-state index in [2.05, 4.69) is 5.32 Å². The number of nitrogens with one attached hydrogen (secondary N) is 1. The highest BCUT2D eigenvalue weighted by atomic mass is 16.7. The summed E-state index contributed by atoms with van der Waals surface area (Å²) in [5, 5.41) is 33.9. The molecule has 4 aliphatic rings. The predicted molar refractivity (Wildman–Crippen MR) is 149 cm³/mol. The molecule has 11 heteroatoms. The Morgan fingerprint density at radius 3 is 2.60 bits per heavy atom. The minimum absolute atomic E-state index is 0.0381. The summed E-state index contributed by atoms with van der Waals surface area (Å²) in [5.74, 6) is 0.595. The fraction of sp³-hybridized carbons (Fsp3) is 0.484. The van der Waals surface area contributed by atoms with Crippen LogP contribution in [0.3, 0.4) is 0 Å². The van der Waals surface area contributed by atoms with E-state index in [1.165, 1.54) is 7.11 Å². The summed E-state index contributed by atoms with van der Waals surface area (Å²) in [6, 6.07) is 8.02. The topological polar surface area (TPSA) is 147 Å². The van der Waals surface area contributed by atoms with Gasteiger partial charge in [0.1, 0.15) is 12.2 Å². The zero-order chi connectivity index (χ0) is 29.4. The molecule has 4 atom stereocenters. The van der Waals surface area contributed by atoms with Gasteiger partial charge in [0.25, 0.3) is 0 Å². The van der Waals surface area contributed by atoms with E-state index in [0.717, 1.165) is 31.2 Å². The molecule has 2 aromatic carbocycles. The van der Waals surface area contributed by atoms with E-state index in [4.69, 9.17) is 18.9 Å². The fourth-order valence-corrected chi connectivity index (χ4v) is 6.59. The van der Waals surface area contributed by atoms with Gasteiger partial charge in [-0.05, 0) is 54.3 Å². The Bertz CT molecular complexity index is 1390. The molecule has 0 radical (unpaired) electrons. The first-order valence-corrected chi connectivity index (χ1v) is 14.4. The molecule has 11 nitrogen and oxygen atoms in total. The third kappa shape index (κ3) is 5.05. The van der Waals surface area contributed by atoms with Gasteiger partial charge in [-0.3, -0.25) is 9.59 Å². The first kappa shape index (κ1) is 28.3.